The van der Waals surface area contributed by atoms with Crippen LogP contribution in [0.2, 0.25) is 0 Å². The Bertz CT molecular complexity index is 1310. The van der Waals surface area contributed by atoms with E-state index in [0.29, 0.717) is 22.3 Å². The van der Waals surface area contributed by atoms with Gasteiger partial charge in [0.25, 0.3) is 0 Å². The predicted octanol–water partition coefficient (Wildman–Crippen LogP) is 5.79. The number of hydrogen-bond acceptors (Lipinski definition) is 4. The van der Waals surface area contributed by atoms with Crippen LogP contribution in [0.1, 0.15) is 44.5 Å². The lowest BCUT2D eigenvalue weighted by atomic mass is 10.0. The van der Waals surface area contributed by atoms with Crippen LogP contribution in [-0.4, -0.2) is 27.7 Å². The van der Waals surface area contributed by atoms with Gasteiger partial charge in [-0.15, -0.1) is 0 Å². The lowest BCUT2D eigenvalue weighted by Gasteiger charge is -2.09. The molecule has 31 heavy (non-hydrogen) atoms. The number of esters is 1. The number of ether oxygens (including phenoxy) is 1. The molecule has 0 spiro atoms. The van der Waals surface area contributed by atoms with Crippen LogP contribution in [0.3, 0.4) is 0 Å². The molecule has 156 valence electrons. The molecule has 0 fully saturated rings. The third-order valence-corrected chi connectivity index (χ3v) is 5.68. The third kappa shape index (κ3) is 4.03. The highest BCUT2D eigenvalue weighted by molar-refractivity contribution is 9.10. The monoisotopic (exact) mass is 476 g/mol. The standard InChI is InChI=1S/C25H21BrN2O3/c1-4-31-25(30)20-12-23(24(29)17-6-8-18(26)9-7-17)28-14-27-21(13-22(20)28)19-10-5-15(2)11-16(19)3/h5-14H,4H2,1-3H3. The fourth-order valence-electron chi connectivity index (χ4n) is 3.64. The molecule has 0 amide bonds. The van der Waals surface area contributed by atoms with E-state index in [0.717, 1.165) is 21.3 Å². The smallest absolute Gasteiger partial charge is 0.340 e. The zero-order valence-electron chi connectivity index (χ0n) is 17.5. The Balaban J connectivity index is 1.89. The van der Waals surface area contributed by atoms with Crippen molar-refractivity contribution in [2.45, 2.75) is 20.8 Å². The first-order valence-electron chi connectivity index (χ1n) is 9.95. The third-order valence-electron chi connectivity index (χ3n) is 5.15. The van der Waals surface area contributed by atoms with Crippen molar-refractivity contribution >= 4 is 33.2 Å². The number of aromatic nitrogens is 2. The quantitative estimate of drug-likeness (QED) is 0.270. The number of hydrogen-bond donors (Lipinski definition) is 0. The van der Waals surface area contributed by atoms with Crippen LogP contribution in [0.25, 0.3) is 16.8 Å². The summed E-state index contributed by atoms with van der Waals surface area (Å²) in [5, 5.41) is 0. The first-order chi connectivity index (χ1) is 14.9. The maximum atomic E-state index is 13.2. The Morgan fingerprint density at radius 3 is 2.45 bits per heavy atom. The molecule has 0 N–H and O–H groups in total. The van der Waals surface area contributed by atoms with E-state index in [4.69, 9.17) is 4.74 Å². The van der Waals surface area contributed by atoms with Gasteiger partial charge in [0.15, 0.2) is 0 Å². The summed E-state index contributed by atoms with van der Waals surface area (Å²) in [5.41, 5.74) is 5.78. The fourth-order valence-corrected chi connectivity index (χ4v) is 3.91. The highest BCUT2D eigenvalue weighted by atomic mass is 79.9. The molecule has 0 radical (unpaired) electrons. The van der Waals surface area contributed by atoms with Crippen molar-refractivity contribution in [2.24, 2.45) is 0 Å². The van der Waals surface area contributed by atoms with E-state index in [1.807, 2.05) is 44.2 Å². The zero-order chi connectivity index (χ0) is 22.1. The van der Waals surface area contributed by atoms with Crippen LogP contribution in [0.5, 0.6) is 0 Å². The molecular weight excluding hydrogens is 456 g/mol. The average Bonchev–Trinajstić information content (AvgIpc) is 3.13. The molecule has 0 aliphatic rings. The van der Waals surface area contributed by atoms with Crippen LogP contribution in [-0.2, 0) is 4.74 Å². The Kier molecular flexibility index (Phi) is 5.74. The summed E-state index contributed by atoms with van der Waals surface area (Å²) in [6.07, 6.45) is 1.60. The lowest BCUT2D eigenvalue weighted by Crippen LogP contribution is -2.05. The number of carbonyl (C=O) groups is 2. The van der Waals surface area contributed by atoms with Gasteiger partial charge in [0.05, 0.1) is 29.1 Å². The summed E-state index contributed by atoms with van der Waals surface area (Å²) in [5.74, 6) is -0.660. The van der Waals surface area contributed by atoms with Gasteiger partial charge in [0.2, 0.25) is 5.78 Å². The van der Waals surface area contributed by atoms with Gasteiger partial charge in [-0.05, 0) is 62.7 Å². The van der Waals surface area contributed by atoms with E-state index < -0.39 is 5.97 Å². The van der Waals surface area contributed by atoms with Crippen LogP contribution in [0.4, 0.5) is 0 Å². The van der Waals surface area contributed by atoms with Gasteiger partial charge < -0.3 is 4.74 Å². The molecule has 0 unspecified atom stereocenters. The van der Waals surface area contributed by atoms with E-state index in [1.54, 1.807) is 35.9 Å². The number of benzene rings is 2. The van der Waals surface area contributed by atoms with Crippen molar-refractivity contribution in [3.05, 3.63) is 93.3 Å². The van der Waals surface area contributed by atoms with Crippen molar-refractivity contribution in [3.63, 3.8) is 0 Å². The van der Waals surface area contributed by atoms with Crippen LogP contribution < -0.4 is 0 Å². The van der Waals surface area contributed by atoms with E-state index in [-0.39, 0.29) is 12.4 Å². The van der Waals surface area contributed by atoms with Gasteiger partial charge in [0, 0.05) is 15.6 Å². The lowest BCUT2D eigenvalue weighted by molar-refractivity contribution is 0.0529. The minimum atomic E-state index is -0.465. The van der Waals surface area contributed by atoms with Gasteiger partial charge in [-0.2, -0.15) is 0 Å². The maximum absolute atomic E-state index is 13.2. The summed E-state index contributed by atoms with van der Waals surface area (Å²) in [6.45, 7) is 6.08. The normalized spacial score (nSPS) is 11.0. The molecule has 0 atom stereocenters. The molecule has 0 saturated carbocycles. The predicted molar refractivity (Wildman–Crippen MR) is 124 cm³/mol. The molecule has 4 aromatic rings. The fraction of sp³-hybridized carbons (Fsp3) is 0.160. The Morgan fingerprint density at radius 1 is 1.03 bits per heavy atom. The average molecular weight is 477 g/mol. The van der Waals surface area contributed by atoms with Gasteiger partial charge in [-0.3, -0.25) is 9.20 Å². The van der Waals surface area contributed by atoms with Crippen LogP contribution in [0.15, 0.2) is 65.4 Å². The van der Waals surface area contributed by atoms with Crippen LogP contribution >= 0.6 is 15.9 Å². The Hall–Kier alpha value is -3.25. The number of carbonyl (C=O) groups excluding carboxylic acids is 2. The Labute approximate surface area is 188 Å². The summed E-state index contributed by atoms with van der Waals surface area (Å²) in [6, 6.07) is 16.7. The first-order valence-corrected chi connectivity index (χ1v) is 10.7. The number of rotatable bonds is 5. The van der Waals surface area contributed by atoms with Crippen molar-refractivity contribution in [3.8, 4) is 11.3 Å². The number of halogens is 1. The number of fused-ring (bicyclic) bond motifs is 1. The van der Waals surface area contributed by atoms with Crippen molar-refractivity contribution in [1.82, 2.24) is 9.38 Å². The van der Waals surface area contributed by atoms with Crippen molar-refractivity contribution in [1.29, 1.82) is 0 Å². The molecule has 4 rings (SSSR count). The van der Waals surface area contributed by atoms with Gasteiger partial charge in [0.1, 0.15) is 6.33 Å². The number of aryl methyl sites for hydroxylation is 2. The molecule has 0 saturated heterocycles. The molecule has 0 aliphatic carbocycles. The second-order valence-electron chi connectivity index (χ2n) is 7.35. The summed E-state index contributed by atoms with van der Waals surface area (Å²) >= 11 is 3.38. The molecular formula is C25H21BrN2O3. The highest BCUT2D eigenvalue weighted by Crippen LogP contribution is 2.27. The van der Waals surface area contributed by atoms with Crippen molar-refractivity contribution < 1.29 is 14.3 Å². The van der Waals surface area contributed by atoms with E-state index in [2.05, 4.69) is 27.0 Å². The Morgan fingerprint density at radius 2 is 1.77 bits per heavy atom. The molecule has 0 aliphatic heterocycles. The molecule has 5 nitrogen and oxygen atoms in total. The van der Waals surface area contributed by atoms with Gasteiger partial charge in [-0.1, -0.05) is 39.7 Å². The first kappa shape index (κ1) is 21.0. The van der Waals surface area contributed by atoms with Gasteiger partial charge >= 0.3 is 5.97 Å². The second kappa shape index (κ2) is 8.47. The van der Waals surface area contributed by atoms with Gasteiger partial charge in [-0.25, -0.2) is 9.78 Å². The zero-order valence-corrected chi connectivity index (χ0v) is 19.1. The number of nitrogens with zero attached hydrogens (tertiary/aromatic N) is 2. The minimum absolute atomic E-state index is 0.195. The topological polar surface area (TPSA) is 60.7 Å². The molecule has 2 aromatic heterocycles. The van der Waals surface area contributed by atoms with E-state index in [9.17, 15) is 9.59 Å². The highest BCUT2D eigenvalue weighted by Gasteiger charge is 2.22. The van der Waals surface area contributed by atoms with E-state index in [1.165, 1.54) is 5.56 Å². The minimum Gasteiger partial charge on any atom is -0.462 e. The van der Waals surface area contributed by atoms with Crippen molar-refractivity contribution in [2.75, 3.05) is 6.61 Å². The molecule has 2 aromatic carbocycles. The maximum Gasteiger partial charge on any atom is 0.340 e. The number of ketones is 1. The molecule has 2 heterocycles. The largest absolute Gasteiger partial charge is 0.462 e. The molecule has 6 heteroatoms. The summed E-state index contributed by atoms with van der Waals surface area (Å²) in [7, 11) is 0. The summed E-state index contributed by atoms with van der Waals surface area (Å²) in [4.78, 5) is 30.4. The summed E-state index contributed by atoms with van der Waals surface area (Å²) < 4.78 is 7.79. The molecule has 0 bridgehead atoms. The SMILES string of the molecule is CCOC(=O)c1cc(C(=O)c2ccc(Br)cc2)n2cnc(-c3ccc(C)cc3C)cc12. The second-order valence-corrected chi connectivity index (χ2v) is 8.26. The van der Waals surface area contributed by atoms with Crippen LogP contribution in [0, 0.1) is 13.8 Å². The van der Waals surface area contributed by atoms with E-state index >= 15 is 0 Å².